The van der Waals surface area contributed by atoms with Crippen molar-refractivity contribution in [1.29, 1.82) is 0 Å². The van der Waals surface area contributed by atoms with Crippen molar-refractivity contribution < 1.29 is 14.7 Å². The van der Waals surface area contributed by atoms with Crippen molar-refractivity contribution in [3.63, 3.8) is 0 Å². The van der Waals surface area contributed by atoms with Gasteiger partial charge in [0.05, 0.1) is 6.54 Å². The quantitative estimate of drug-likeness (QED) is 0.643. The molecule has 7 nitrogen and oxygen atoms in total. The third-order valence-corrected chi connectivity index (χ3v) is 3.73. The monoisotopic (exact) mass is 393 g/mol. The molecule has 0 saturated carbocycles. The molecule has 0 spiro atoms. The second kappa shape index (κ2) is 17.7. The minimum Gasteiger partial charge on any atom is -0.483 e. The lowest BCUT2D eigenvalue weighted by atomic mass is 10.2. The zero-order chi connectivity index (χ0) is 21.9. The van der Waals surface area contributed by atoms with Crippen LogP contribution in [-0.4, -0.2) is 46.5 Å². The number of carbonyl (C=O) groups excluding carboxylic acids is 1. The van der Waals surface area contributed by atoms with Crippen molar-refractivity contribution in [3.8, 4) is 0 Å². The number of aromatic nitrogens is 1. The first-order chi connectivity index (χ1) is 13.5. The first-order valence-corrected chi connectivity index (χ1v) is 9.69. The predicted octanol–water partition coefficient (Wildman–Crippen LogP) is 3.24. The van der Waals surface area contributed by atoms with Crippen molar-refractivity contribution in [2.75, 3.05) is 13.1 Å². The Morgan fingerprint density at radius 2 is 1.82 bits per heavy atom. The normalized spacial score (nSPS) is 13.9. The van der Waals surface area contributed by atoms with Crippen LogP contribution in [0.15, 0.2) is 41.3 Å². The summed E-state index contributed by atoms with van der Waals surface area (Å²) < 4.78 is 0. The summed E-state index contributed by atoms with van der Waals surface area (Å²) >= 11 is 0. The Morgan fingerprint density at radius 3 is 2.29 bits per heavy atom. The molecule has 0 bridgehead atoms. The molecular weight excluding hydrogens is 358 g/mol. The highest BCUT2D eigenvalue weighted by atomic mass is 16.3. The number of likely N-dealkylation sites (tertiary alicyclic amines) is 1. The molecular formula is C21H35N3O4. The van der Waals surface area contributed by atoms with Gasteiger partial charge in [0.25, 0.3) is 12.0 Å². The van der Waals surface area contributed by atoms with E-state index >= 15 is 0 Å². The summed E-state index contributed by atoms with van der Waals surface area (Å²) in [5.74, 6) is 0.0880. The molecule has 1 saturated heterocycles. The molecule has 1 aromatic heterocycles. The molecule has 2 aromatic rings. The number of nitrogens with zero attached hydrogens (tertiary/aromatic N) is 1. The lowest BCUT2D eigenvalue weighted by Crippen LogP contribution is -2.37. The highest BCUT2D eigenvalue weighted by molar-refractivity contribution is 5.80. The maximum absolute atomic E-state index is 11.1. The van der Waals surface area contributed by atoms with E-state index in [1.54, 1.807) is 6.20 Å². The number of nitrogens with two attached hydrogens (primary N) is 1. The number of nitrogens with one attached hydrogen (secondary N) is 1. The van der Waals surface area contributed by atoms with Gasteiger partial charge >= 0.3 is 0 Å². The van der Waals surface area contributed by atoms with Crippen LogP contribution in [0.3, 0.4) is 0 Å². The van der Waals surface area contributed by atoms with E-state index < -0.39 is 0 Å². The second-order valence-corrected chi connectivity index (χ2v) is 5.28. The number of H-pyrrole nitrogens is 1. The highest BCUT2D eigenvalue weighted by Gasteiger charge is 2.23. The van der Waals surface area contributed by atoms with E-state index in [2.05, 4.69) is 11.9 Å². The number of hydrogen-bond acceptors (Lipinski definition) is 4. The minimum atomic E-state index is -0.250. The Labute approximate surface area is 167 Å². The molecule has 28 heavy (non-hydrogen) atoms. The summed E-state index contributed by atoms with van der Waals surface area (Å²) in [5.41, 5.74) is 5.20. The van der Waals surface area contributed by atoms with Crippen LogP contribution in [0.2, 0.25) is 0 Å². The molecule has 0 aliphatic carbocycles. The number of carbonyl (C=O) groups is 2. The first-order valence-electron chi connectivity index (χ1n) is 9.69. The maximum atomic E-state index is 11.1. The van der Waals surface area contributed by atoms with Crippen LogP contribution in [0, 0.1) is 0 Å². The smallest absolute Gasteiger partial charge is 0.290 e. The summed E-state index contributed by atoms with van der Waals surface area (Å²) in [7, 11) is 0. The summed E-state index contributed by atoms with van der Waals surface area (Å²) in [6, 6.07) is 9.81. The summed E-state index contributed by atoms with van der Waals surface area (Å²) in [5, 5.41) is 8.62. The van der Waals surface area contributed by atoms with E-state index in [1.807, 2.05) is 62.9 Å². The van der Waals surface area contributed by atoms with Crippen molar-refractivity contribution in [1.82, 2.24) is 9.88 Å². The lowest BCUT2D eigenvalue weighted by molar-refractivity contribution is -0.130. The molecule has 158 valence electrons. The van der Waals surface area contributed by atoms with Crippen LogP contribution >= 0.6 is 0 Å². The molecule has 2 heterocycles. The Bertz CT molecular complexity index is 711. The van der Waals surface area contributed by atoms with E-state index in [0.717, 1.165) is 30.2 Å². The van der Waals surface area contributed by atoms with Crippen LogP contribution < -0.4 is 11.3 Å². The van der Waals surface area contributed by atoms with E-state index in [1.165, 1.54) is 0 Å². The largest absolute Gasteiger partial charge is 0.483 e. The van der Waals surface area contributed by atoms with Gasteiger partial charge < -0.3 is 20.7 Å². The minimum absolute atomic E-state index is 0.0249. The average molecular weight is 394 g/mol. The summed E-state index contributed by atoms with van der Waals surface area (Å²) in [6.45, 7) is 10.9. The molecule has 1 unspecified atom stereocenters. The predicted molar refractivity (Wildman–Crippen MR) is 115 cm³/mol. The molecule has 0 radical (unpaired) electrons. The lowest BCUT2D eigenvalue weighted by Gasteiger charge is -2.19. The van der Waals surface area contributed by atoms with Gasteiger partial charge in [0, 0.05) is 24.2 Å². The van der Waals surface area contributed by atoms with Gasteiger partial charge in [-0.05, 0) is 37.3 Å². The Balaban J connectivity index is 0. The number of fused-ring (bicyclic) bond motifs is 1. The van der Waals surface area contributed by atoms with Crippen LogP contribution in [0.1, 0.15) is 47.5 Å². The van der Waals surface area contributed by atoms with Gasteiger partial charge in [-0.25, -0.2) is 0 Å². The standard InChI is InChI=1S/C9H7NO.C7H14N2O.2C2H6.CH2O2/c11-9-8-4-2-1-3-7(8)5-6-10-9;1-6-3-2-4-9(6)7(10)5-8;2*1-2;2-1-3/h1-6H,(H,10,11);6H,2-5,8H2,1H3;2*1-2H3;1H,(H,2,3). The highest BCUT2D eigenvalue weighted by Crippen LogP contribution is 2.15. The zero-order valence-corrected chi connectivity index (χ0v) is 17.6. The van der Waals surface area contributed by atoms with Crippen LogP contribution in [0.5, 0.6) is 0 Å². The maximum Gasteiger partial charge on any atom is 0.290 e. The number of pyridine rings is 1. The van der Waals surface area contributed by atoms with Crippen LogP contribution in [0.4, 0.5) is 0 Å². The van der Waals surface area contributed by atoms with Crippen LogP contribution in [0.25, 0.3) is 10.8 Å². The molecule has 1 aromatic carbocycles. The second-order valence-electron chi connectivity index (χ2n) is 5.28. The van der Waals surface area contributed by atoms with Gasteiger partial charge in [0.2, 0.25) is 5.91 Å². The number of rotatable bonds is 1. The van der Waals surface area contributed by atoms with Crippen molar-refractivity contribution in [2.45, 2.75) is 53.5 Å². The molecule has 4 N–H and O–H groups in total. The van der Waals surface area contributed by atoms with Crippen molar-refractivity contribution in [3.05, 3.63) is 46.9 Å². The third kappa shape index (κ3) is 9.87. The molecule has 3 rings (SSSR count). The number of hydrogen-bond donors (Lipinski definition) is 3. The van der Waals surface area contributed by atoms with Gasteiger partial charge in [-0.15, -0.1) is 0 Å². The van der Waals surface area contributed by atoms with Gasteiger partial charge in [-0.2, -0.15) is 0 Å². The zero-order valence-electron chi connectivity index (χ0n) is 17.6. The van der Waals surface area contributed by atoms with Crippen molar-refractivity contribution >= 4 is 23.2 Å². The Hall–Kier alpha value is -2.67. The number of amides is 1. The number of carboxylic acid groups (broad SMARTS) is 1. The first kappa shape index (κ1) is 27.5. The van der Waals surface area contributed by atoms with E-state index in [4.69, 9.17) is 15.6 Å². The number of benzene rings is 1. The molecule has 1 atom stereocenters. The van der Waals surface area contributed by atoms with Gasteiger partial charge in [0.1, 0.15) is 0 Å². The van der Waals surface area contributed by atoms with E-state index in [9.17, 15) is 9.59 Å². The Morgan fingerprint density at radius 1 is 1.25 bits per heavy atom. The summed E-state index contributed by atoms with van der Waals surface area (Å²) in [4.78, 5) is 35.0. The number of aromatic amines is 1. The molecule has 1 amide bonds. The fourth-order valence-electron chi connectivity index (χ4n) is 2.56. The summed E-state index contributed by atoms with van der Waals surface area (Å²) in [6.07, 6.45) is 3.92. The molecule has 7 heteroatoms. The van der Waals surface area contributed by atoms with E-state index in [0.29, 0.717) is 6.04 Å². The topological polar surface area (TPSA) is 116 Å². The van der Waals surface area contributed by atoms with Crippen LogP contribution in [-0.2, 0) is 9.59 Å². The van der Waals surface area contributed by atoms with Crippen molar-refractivity contribution in [2.24, 2.45) is 5.73 Å². The molecule has 1 aliphatic rings. The fourth-order valence-corrected chi connectivity index (χ4v) is 2.56. The van der Waals surface area contributed by atoms with Gasteiger partial charge in [-0.1, -0.05) is 45.9 Å². The Kier molecular flexibility index (Phi) is 17.4. The SMILES string of the molecule is CC.CC.CC1CCCN1C(=O)CN.O=CO.O=c1[nH]ccc2ccccc12. The average Bonchev–Trinajstić information content (AvgIpc) is 3.18. The molecule has 1 fully saturated rings. The van der Waals surface area contributed by atoms with E-state index in [-0.39, 0.29) is 24.5 Å². The molecule has 1 aliphatic heterocycles. The van der Waals surface area contributed by atoms with Gasteiger partial charge in [0.15, 0.2) is 0 Å². The fraction of sp³-hybridized carbons (Fsp3) is 0.476. The van der Waals surface area contributed by atoms with Gasteiger partial charge in [-0.3, -0.25) is 14.4 Å². The third-order valence-electron chi connectivity index (χ3n) is 3.73.